The van der Waals surface area contributed by atoms with Crippen molar-refractivity contribution in [3.8, 4) is 11.5 Å². The van der Waals surface area contributed by atoms with Crippen LogP contribution in [-0.2, 0) is 9.59 Å². The Morgan fingerprint density at radius 1 is 1.12 bits per heavy atom. The van der Waals surface area contributed by atoms with Crippen LogP contribution in [0.25, 0.3) is 0 Å². The Labute approximate surface area is 153 Å². The number of methoxy groups -OCH3 is 2. The molecule has 1 aromatic rings. The van der Waals surface area contributed by atoms with E-state index in [-0.39, 0.29) is 17.9 Å². The SMILES string of the molecule is COc1cc2c(cc1OC)C(C(=O)NC1CCCCC1)NCCC(=O)N2. The van der Waals surface area contributed by atoms with Crippen LogP contribution in [-0.4, -0.2) is 38.6 Å². The van der Waals surface area contributed by atoms with Gasteiger partial charge in [-0.15, -0.1) is 0 Å². The molecule has 1 aromatic carbocycles. The molecular formula is C19H27N3O4. The van der Waals surface area contributed by atoms with Gasteiger partial charge in [0.25, 0.3) is 0 Å². The molecule has 1 heterocycles. The van der Waals surface area contributed by atoms with Gasteiger partial charge in [0, 0.05) is 36.3 Å². The largest absolute Gasteiger partial charge is 0.493 e. The molecule has 0 aromatic heterocycles. The third-order valence-corrected chi connectivity index (χ3v) is 5.06. The van der Waals surface area contributed by atoms with Crippen molar-refractivity contribution in [1.29, 1.82) is 0 Å². The molecule has 3 N–H and O–H groups in total. The summed E-state index contributed by atoms with van der Waals surface area (Å²) in [6, 6.07) is 3.15. The van der Waals surface area contributed by atoms with Crippen molar-refractivity contribution >= 4 is 17.5 Å². The highest BCUT2D eigenvalue weighted by molar-refractivity contribution is 5.95. The van der Waals surface area contributed by atoms with E-state index in [4.69, 9.17) is 9.47 Å². The third-order valence-electron chi connectivity index (χ3n) is 5.06. The van der Waals surface area contributed by atoms with Crippen LogP contribution in [0.3, 0.4) is 0 Å². The molecule has 0 bridgehead atoms. The Bertz CT molecular complexity index is 671. The number of hydrogen-bond donors (Lipinski definition) is 3. The first kappa shape index (κ1) is 18.5. The zero-order chi connectivity index (χ0) is 18.5. The van der Waals surface area contributed by atoms with E-state index >= 15 is 0 Å². The second kappa shape index (κ2) is 8.40. The number of carbonyl (C=O) groups excluding carboxylic acids is 2. The van der Waals surface area contributed by atoms with Gasteiger partial charge >= 0.3 is 0 Å². The normalized spacial score (nSPS) is 21.0. The Kier molecular flexibility index (Phi) is 5.98. The van der Waals surface area contributed by atoms with Gasteiger partial charge in [-0.05, 0) is 18.9 Å². The lowest BCUT2D eigenvalue weighted by molar-refractivity contribution is -0.124. The molecule has 26 heavy (non-hydrogen) atoms. The third kappa shape index (κ3) is 4.09. The van der Waals surface area contributed by atoms with Crippen molar-refractivity contribution in [2.75, 3.05) is 26.1 Å². The zero-order valence-electron chi connectivity index (χ0n) is 15.4. The number of carbonyl (C=O) groups is 2. The first-order valence-corrected chi connectivity index (χ1v) is 9.22. The number of anilines is 1. The molecule has 1 unspecified atom stereocenters. The van der Waals surface area contributed by atoms with Gasteiger partial charge in [0.15, 0.2) is 11.5 Å². The fourth-order valence-electron chi connectivity index (χ4n) is 3.66. The number of benzene rings is 1. The summed E-state index contributed by atoms with van der Waals surface area (Å²) in [6.07, 6.45) is 5.89. The van der Waals surface area contributed by atoms with E-state index in [1.54, 1.807) is 26.4 Å². The predicted octanol–water partition coefficient (Wildman–Crippen LogP) is 2.13. The van der Waals surface area contributed by atoms with E-state index < -0.39 is 6.04 Å². The fraction of sp³-hybridized carbons (Fsp3) is 0.579. The smallest absolute Gasteiger partial charge is 0.242 e. The van der Waals surface area contributed by atoms with E-state index in [2.05, 4.69) is 16.0 Å². The molecule has 0 spiro atoms. The highest BCUT2D eigenvalue weighted by Gasteiger charge is 2.29. The summed E-state index contributed by atoms with van der Waals surface area (Å²) in [5.41, 5.74) is 1.26. The summed E-state index contributed by atoms with van der Waals surface area (Å²) in [4.78, 5) is 25.0. The van der Waals surface area contributed by atoms with E-state index in [9.17, 15) is 9.59 Å². The summed E-state index contributed by atoms with van der Waals surface area (Å²) in [5, 5.41) is 9.27. The van der Waals surface area contributed by atoms with Gasteiger partial charge in [0.1, 0.15) is 6.04 Å². The topological polar surface area (TPSA) is 88.7 Å². The molecule has 0 saturated heterocycles. The molecular weight excluding hydrogens is 334 g/mol. The van der Waals surface area contributed by atoms with E-state index in [0.29, 0.717) is 35.7 Å². The maximum atomic E-state index is 13.0. The number of rotatable bonds is 4. The van der Waals surface area contributed by atoms with Crippen molar-refractivity contribution in [3.63, 3.8) is 0 Å². The van der Waals surface area contributed by atoms with Crippen molar-refractivity contribution in [2.24, 2.45) is 0 Å². The van der Waals surface area contributed by atoms with Gasteiger partial charge in [0.2, 0.25) is 11.8 Å². The standard InChI is InChI=1S/C19H27N3O4/c1-25-15-10-13-14(11-16(15)26-2)22-17(23)8-9-20-18(13)19(24)21-12-6-4-3-5-7-12/h10-12,18,20H,3-9H2,1-2H3,(H,21,24)(H,22,23). The minimum absolute atomic E-state index is 0.0680. The monoisotopic (exact) mass is 361 g/mol. The van der Waals surface area contributed by atoms with Crippen LogP contribution in [0, 0.1) is 0 Å². The lowest BCUT2D eigenvalue weighted by Gasteiger charge is -2.28. The number of ether oxygens (including phenoxy) is 2. The molecule has 1 aliphatic carbocycles. The molecule has 1 aliphatic heterocycles. The van der Waals surface area contributed by atoms with Crippen LogP contribution in [0.1, 0.15) is 50.1 Å². The summed E-state index contributed by atoms with van der Waals surface area (Å²) in [7, 11) is 3.09. The van der Waals surface area contributed by atoms with Crippen molar-refractivity contribution in [3.05, 3.63) is 17.7 Å². The summed E-state index contributed by atoms with van der Waals surface area (Å²) in [5.74, 6) is 0.871. The minimum atomic E-state index is -0.549. The average molecular weight is 361 g/mol. The van der Waals surface area contributed by atoms with E-state index in [0.717, 1.165) is 25.7 Å². The second-order valence-corrected chi connectivity index (χ2v) is 6.82. The van der Waals surface area contributed by atoms with Crippen LogP contribution >= 0.6 is 0 Å². The first-order valence-electron chi connectivity index (χ1n) is 9.22. The van der Waals surface area contributed by atoms with Gasteiger partial charge in [-0.2, -0.15) is 0 Å². The Balaban J connectivity index is 1.91. The molecule has 7 nitrogen and oxygen atoms in total. The Hall–Kier alpha value is -2.28. The van der Waals surface area contributed by atoms with Gasteiger partial charge in [-0.1, -0.05) is 19.3 Å². The summed E-state index contributed by atoms with van der Waals surface area (Å²) >= 11 is 0. The maximum Gasteiger partial charge on any atom is 0.242 e. The lowest BCUT2D eigenvalue weighted by Crippen LogP contribution is -2.45. The highest BCUT2D eigenvalue weighted by Crippen LogP contribution is 2.37. The fourth-order valence-corrected chi connectivity index (χ4v) is 3.66. The maximum absolute atomic E-state index is 13.0. The number of nitrogens with one attached hydrogen (secondary N) is 3. The molecule has 2 aliphatic rings. The van der Waals surface area contributed by atoms with Crippen LogP contribution in [0.2, 0.25) is 0 Å². The summed E-state index contributed by atoms with van der Waals surface area (Å²) < 4.78 is 10.7. The van der Waals surface area contributed by atoms with Gasteiger partial charge < -0.3 is 25.4 Å². The first-order chi connectivity index (χ1) is 12.6. The van der Waals surface area contributed by atoms with Crippen molar-refractivity contribution in [1.82, 2.24) is 10.6 Å². The Morgan fingerprint density at radius 3 is 2.50 bits per heavy atom. The van der Waals surface area contributed by atoms with Crippen LogP contribution in [0.15, 0.2) is 12.1 Å². The molecule has 2 amide bonds. The molecule has 1 saturated carbocycles. The highest BCUT2D eigenvalue weighted by atomic mass is 16.5. The average Bonchev–Trinajstić information content (AvgIpc) is 2.64. The number of fused-ring (bicyclic) bond motifs is 1. The zero-order valence-corrected chi connectivity index (χ0v) is 15.4. The second-order valence-electron chi connectivity index (χ2n) is 6.82. The van der Waals surface area contributed by atoms with Gasteiger partial charge in [-0.25, -0.2) is 0 Å². The van der Waals surface area contributed by atoms with Crippen LogP contribution < -0.4 is 25.4 Å². The van der Waals surface area contributed by atoms with Crippen molar-refractivity contribution in [2.45, 2.75) is 50.6 Å². The number of hydrogen-bond acceptors (Lipinski definition) is 5. The van der Waals surface area contributed by atoms with E-state index in [1.807, 2.05) is 0 Å². The minimum Gasteiger partial charge on any atom is -0.493 e. The quantitative estimate of drug-likeness (QED) is 0.764. The molecule has 1 atom stereocenters. The lowest BCUT2D eigenvalue weighted by atomic mass is 9.94. The van der Waals surface area contributed by atoms with Gasteiger partial charge in [-0.3, -0.25) is 9.59 Å². The molecule has 3 rings (SSSR count). The van der Waals surface area contributed by atoms with Crippen LogP contribution in [0.5, 0.6) is 11.5 Å². The predicted molar refractivity (Wildman–Crippen MR) is 98.6 cm³/mol. The van der Waals surface area contributed by atoms with Crippen molar-refractivity contribution < 1.29 is 19.1 Å². The summed E-state index contributed by atoms with van der Waals surface area (Å²) in [6.45, 7) is 0.433. The van der Waals surface area contributed by atoms with Crippen LogP contribution in [0.4, 0.5) is 5.69 Å². The molecule has 1 fully saturated rings. The molecule has 7 heteroatoms. The Morgan fingerprint density at radius 2 is 1.81 bits per heavy atom. The molecule has 0 radical (unpaired) electrons. The molecule has 142 valence electrons. The van der Waals surface area contributed by atoms with E-state index in [1.165, 1.54) is 6.42 Å². The van der Waals surface area contributed by atoms with Gasteiger partial charge in [0.05, 0.1) is 14.2 Å². The number of amides is 2.